The van der Waals surface area contributed by atoms with Crippen LogP contribution in [0.15, 0.2) is 24.3 Å². The van der Waals surface area contributed by atoms with Gasteiger partial charge in [-0.2, -0.15) is 13.2 Å². The third kappa shape index (κ3) is 4.96. The van der Waals surface area contributed by atoms with Crippen LogP contribution in [0.2, 0.25) is 0 Å². The molecule has 2 nitrogen and oxygen atoms in total. The second-order valence-electron chi connectivity index (χ2n) is 5.05. The standard InChI is InChI=1S/C13H19F3N2/c1-12(2,9-18-8-7-13(14,15)16)10-3-5-11(17)6-4-10/h3-6,18H,7-9,17H2,1-2H3. The van der Waals surface area contributed by atoms with Gasteiger partial charge in [-0.25, -0.2) is 0 Å². The van der Waals surface area contributed by atoms with Crippen LogP contribution in [0, 0.1) is 0 Å². The Morgan fingerprint density at radius 2 is 1.67 bits per heavy atom. The van der Waals surface area contributed by atoms with E-state index in [1.54, 1.807) is 12.1 Å². The molecule has 0 bridgehead atoms. The number of hydrogen-bond donors (Lipinski definition) is 2. The summed E-state index contributed by atoms with van der Waals surface area (Å²) in [6.45, 7) is 4.41. The summed E-state index contributed by atoms with van der Waals surface area (Å²) in [6.07, 6.45) is -4.90. The highest BCUT2D eigenvalue weighted by atomic mass is 19.4. The fourth-order valence-electron chi connectivity index (χ4n) is 1.67. The zero-order chi connectivity index (χ0) is 13.8. The van der Waals surface area contributed by atoms with E-state index >= 15 is 0 Å². The average molecular weight is 260 g/mol. The van der Waals surface area contributed by atoms with E-state index < -0.39 is 12.6 Å². The Morgan fingerprint density at radius 3 is 2.17 bits per heavy atom. The highest BCUT2D eigenvalue weighted by molar-refractivity contribution is 5.41. The van der Waals surface area contributed by atoms with Crippen LogP contribution in [0.3, 0.4) is 0 Å². The SMILES string of the molecule is CC(C)(CNCCC(F)(F)F)c1ccc(N)cc1. The fourth-order valence-corrected chi connectivity index (χ4v) is 1.67. The predicted octanol–water partition coefficient (Wildman–Crippen LogP) is 3.09. The minimum atomic E-state index is -4.10. The largest absolute Gasteiger partial charge is 0.399 e. The Bertz CT molecular complexity index is 369. The van der Waals surface area contributed by atoms with Crippen LogP contribution in [0.5, 0.6) is 0 Å². The number of nitrogens with two attached hydrogens (primary N) is 1. The minimum absolute atomic E-state index is 0.0537. The van der Waals surface area contributed by atoms with Gasteiger partial charge in [0.2, 0.25) is 0 Å². The van der Waals surface area contributed by atoms with E-state index in [4.69, 9.17) is 5.73 Å². The van der Waals surface area contributed by atoms with Crippen LogP contribution in [0.25, 0.3) is 0 Å². The molecule has 0 atom stereocenters. The molecule has 0 amide bonds. The van der Waals surface area contributed by atoms with Gasteiger partial charge in [-0.05, 0) is 17.7 Å². The number of nitrogen functional groups attached to an aromatic ring is 1. The molecule has 5 heteroatoms. The summed E-state index contributed by atoms with van der Waals surface area (Å²) in [5, 5.41) is 2.84. The molecule has 3 N–H and O–H groups in total. The second kappa shape index (κ2) is 5.61. The van der Waals surface area contributed by atoms with E-state index in [-0.39, 0.29) is 12.0 Å². The van der Waals surface area contributed by atoms with Gasteiger partial charge in [0.1, 0.15) is 0 Å². The number of hydrogen-bond acceptors (Lipinski definition) is 2. The molecule has 102 valence electrons. The van der Waals surface area contributed by atoms with Gasteiger partial charge in [-0.15, -0.1) is 0 Å². The van der Waals surface area contributed by atoms with Crippen molar-refractivity contribution < 1.29 is 13.2 Å². The van der Waals surface area contributed by atoms with Crippen LogP contribution >= 0.6 is 0 Å². The zero-order valence-electron chi connectivity index (χ0n) is 10.6. The summed E-state index contributed by atoms with van der Waals surface area (Å²) in [5.41, 5.74) is 7.11. The van der Waals surface area contributed by atoms with Gasteiger partial charge in [0.15, 0.2) is 0 Å². The molecule has 0 heterocycles. The molecule has 0 aliphatic heterocycles. The van der Waals surface area contributed by atoms with Crippen LogP contribution in [0.4, 0.5) is 18.9 Å². The Balaban J connectivity index is 2.47. The summed E-state index contributed by atoms with van der Waals surface area (Å²) in [6, 6.07) is 7.40. The van der Waals surface area contributed by atoms with Crippen LogP contribution in [-0.2, 0) is 5.41 Å². The topological polar surface area (TPSA) is 38.0 Å². The van der Waals surface area contributed by atoms with E-state index in [1.807, 2.05) is 26.0 Å². The predicted molar refractivity (Wildman–Crippen MR) is 67.4 cm³/mol. The number of anilines is 1. The monoisotopic (exact) mass is 260 g/mol. The maximum absolute atomic E-state index is 12.0. The molecule has 0 aliphatic rings. The van der Waals surface area contributed by atoms with Gasteiger partial charge >= 0.3 is 6.18 Å². The molecular weight excluding hydrogens is 241 g/mol. The van der Waals surface area contributed by atoms with Crippen molar-refractivity contribution in [3.05, 3.63) is 29.8 Å². The normalized spacial score (nSPS) is 12.7. The maximum Gasteiger partial charge on any atom is 0.390 e. The summed E-state index contributed by atoms with van der Waals surface area (Å²) in [5.74, 6) is 0. The molecule has 0 unspecified atom stereocenters. The molecule has 18 heavy (non-hydrogen) atoms. The summed E-state index contributed by atoms with van der Waals surface area (Å²) < 4.78 is 36.0. The van der Waals surface area contributed by atoms with E-state index in [0.717, 1.165) is 5.56 Å². The van der Waals surface area contributed by atoms with Crippen molar-refractivity contribution in [3.63, 3.8) is 0 Å². The van der Waals surface area contributed by atoms with Gasteiger partial charge in [0.25, 0.3) is 0 Å². The summed E-state index contributed by atoms with van der Waals surface area (Å²) in [7, 11) is 0. The fraction of sp³-hybridized carbons (Fsp3) is 0.538. The molecular formula is C13H19F3N2. The number of halogens is 3. The lowest BCUT2D eigenvalue weighted by Gasteiger charge is -2.26. The molecule has 0 saturated carbocycles. The lowest BCUT2D eigenvalue weighted by atomic mass is 9.84. The summed E-state index contributed by atoms with van der Waals surface area (Å²) >= 11 is 0. The molecule has 1 aromatic carbocycles. The lowest BCUT2D eigenvalue weighted by Crippen LogP contribution is -2.34. The number of alkyl halides is 3. The van der Waals surface area contributed by atoms with Crippen molar-refractivity contribution in [2.75, 3.05) is 18.8 Å². The van der Waals surface area contributed by atoms with E-state index in [9.17, 15) is 13.2 Å². The third-order valence-corrected chi connectivity index (χ3v) is 2.84. The van der Waals surface area contributed by atoms with Crippen molar-refractivity contribution in [1.29, 1.82) is 0 Å². The molecule has 0 spiro atoms. The maximum atomic E-state index is 12.0. The molecule has 0 aliphatic carbocycles. The van der Waals surface area contributed by atoms with E-state index in [1.165, 1.54) is 0 Å². The van der Waals surface area contributed by atoms with Gasteiger partial charge in [0, 0.05) is 24.2 Å². The van der Waals surface area contributed by atoms with Gasteiger partial charge < -0.3 is 11.1 Å². The smallest absolute Gasteiger partial charge is 0.390 e. The first-order valence-corrected chi connectivity index (χ1v) is 5.84. The Labute approximate surface area is 105 Å². The second-order valence-corrected chi connectivity index (χ2v) is 5.05. The van der Waals surface area contributed by atoms with Crippen LogP contribution in [-0.4, -0.2) is 19.3 Å². The van der Waals surface area contributed by atoms with Gasteiger partial charge in [-0.3, -0.25) is 0 Å². The highest BCUT2D eigenvalue weighted by Crippen LogP contribution is 2.23. The lowest BCUT2D eigenvalue weighted by molar-refractivity contribution is -0.133. The molecule has 0 saturated heterocycles. The Kier molecular flexibility index (Phi) is 4.62. The van der Waals surface area contributed by atoms with Gasteiger partial charge in [-0.1, -0.05) is 26.0 Å². The molecule has 0 fully saturated rings. The quantitative estimate of drug-likeness (QED) is 0.630. The highest BCUT2D eigenvalue weighted by Gasteiger charge is 2.27. The van der Waals surface area contributed by atoms with E-state index in [0.29, 0.717) is 12.2 Å². The number of benzene rings is 1. The number of nitrogens with one attached hydrogen (secondary N) is 1. The first-order valence-electron chi connectivity index (χ1n) is 5.84. The van der Waals surface area contributed by atoms with Crippen molar-refractivity contribution >= 4 is 5.69 Å². The third-order valence-electron chi connectivity index (χ3n) is 2.84. The zero-order valence-corrected chi connectivity index (χ0v) is 10.6. The average Bonchev–Trinajstić information content (AvgIpc) is 2.24. The molecule has 0 aromatic heterocycles. The Morgan fingerprint density at radius 1 is 1.11 bits per heavy atom. The summed E-state index contributed by atoms with van der Waals surface area (Å²) in [4.78, 5) is 0. The van der Waals surface area contributed by atoms with Crippen molar-refractivity contribution in [2.24, 2.45) is 0 Å². The van der Waals surface area contributed by atoms with Crippen LogP contribution in [0.1, 0.15) is 25.8 Å². The molecule has 0 radical (unpaired) electrons. The van der Waals surface area contributed by atoms with Crippen LogP contribution < -0.4 is 11.1 Å². The first-order chi connectivity index (χ1) is 8.21. The molecule has 1 aromatic rings. The Hall–Kier alpha value is -1.23. The van der Waals surface area contributed by atoms with Crippen molar-refractivity contribution in [2.45, 2.75) is 31.9 Å². The molecule has 1 rings (SSSR count). The van der Waals surface area contributed by atoms with Gasteiger partial charge in [0.05, 0.1) is 6.42 Å². The van der Waals surface area contributed by atoms with E-state index in [2.05, 4.69) is 5.32 Å². The van der Waals surface area contributed by atoms with Crippen molar-refractivity contribution in [1.82, 2.24) is 5.32 Å². The number of rotatable bonds is 5. The van der Waals surface area contributed by atoms with Crippen molar-refractivity contribution in [3.8, 4) is 0 Å². The minimum Gasteiger partial charge on any atom is -0.399 e. The first kappa shape index (κ1) is 14.8.